The number of halogens is 1. The molecular weight excluding hydrogens is 308 g/mol. The van der Waals surface area contributed by atoms with Gasteiger partial charge >= 0.3 is 0 Å². The van der Waals surface area contributed by atoms with E-state index in [0.717, 1.165) is 25.3 Å². The van der Waals surface area contributed by atoms with Crippen molar-refractivity contribution in [3.05, 3.63) is 50.6 Å². The van der Waals surface area contributed by atoms with Gasteiger partial charge in [0.25, 0.3) is 0 Å². The minimum Gasteiger partial charge on any atom is -0.399 e. The fraction of sp³-hybridized carbons (Fsp3) is 0.286. The Labute approximate surface area is 121 Å². The molecule has 2 nitrogen and oxygen atoms in total. The van der Waals surface area contributed by atoms with Crippen LogP contribution in [0.1, 0.15) is 17.4 Å². The van der Waals surface area contributed by atoms with E-state index in [4.69, 9.17) is 5.73 Å². The number of hydrogen-bond donors (Lipinski definition) is 1. The smallest absolute Gasteiger partial charge is 0.0331 e. The molecule has 1 heterocycles. The maximum Gasteiger partial charge on any atom is 0.0331 e. The van der Waals surface area contributed by atoms with Crippen LogP contribution in [-0.2, 0) is 13.1 Å². The van der Waals surface area contributed by atoms with Crippen LogP contribution in [0.5, 0.6) is 0 Å². The van der Waals surface area contributed by atoms with Gasteiger partial charge in [0.2, 0.25) is 0 Å². The fourth-order valence-electron chi connectivity index (χ4n) is 1.89. The number of hydrogen-bond acceptors (Lipinski definition) is 3. The van der Waals surface area contributed by atoms with Gasteiger partial charge in [-0.3, -0.25) is 4.90 Å². The Kier molecular flexibility index (Phi) is 4.80. The van der Waals surface area contributed by atoms with Crippen LogP contribution in [0.2, 0.25) is 0 Å². The van der Waals surface area contributed by atoms with E-state index < -0.39 is 0 Å². The van der Waals surface area contributed by atoms with Crippen LogP contribution >= 0.6 is 27.3 Å². The minimum atomic E-state index is 0.836. The van der Waals surface area contributed by atoms with Gasteiger partial charge in [0.05, 0.1) is 0 Å². The Bertz CT molecular complexity index is 510. The van der Waals surface area contributed by atoms with Crippen molar-refractivity contribution in [2.75, 3.05) is 12.3 Å². The van der Waals surface area contributed by atoms with E-state index in [-0.39, 0.29) is 0 Å². The van der Waals surface area contributed by atoms with Crippen molar-refractivity contribution < 1.29 is 0 Å². The number of rotatable bonds is 5. The summed E-state index contributed by atoms with van der Waals surface area (Å²) in [5, 5.41) is 2.13. The van der Waals surface area contributed by atoms with Crippen LogP contribution < -0.4 is 5.73 Å². The Hall–Kier alpha value is -0.840. The van der Waals surface area contributed by atoms with E-state index in [0.29, 0.717) is 0 Å². The van der Waals surface area contributed by atoms with Crippen LogP contribution in [0.25, 0.3) is 0 Å². The van der Waals surface area contributed by atoms with Gasteiger partial charge in [-0.05, 0) is 46.2 Å². The van der Waals surface area contributed by atoms with Crippen molar-refractivity contribution in [2.24, 2.45) is 0 Å². The second-order valence-corrected chi connectivity index (χ2v) is 6.19. The summed E-state index contributed by atoms with van der Waals surface area (Å²) in [5.41, 5.74) is 7.92. The van der Waals surface area contributed by atoms with E-state index in [1.807, 2.05) is 18.2 Å². The molecule has 0 amide bonds. The molecule has 0 atom stereocenters. The maximum absolute atomic E-state index is 5.81. The zero-order valence-corrected chi connectivity index (χ0v) is 12.8. The van der Waals surface area contributed by atoms with Gasteiger partial charge in [-0.15, -0.1) is 11.3 Å². The van der Waals surface area contributed by atoms with Crippen LogP contribution in [0, 0.1) is 0 Å². The van der Waals surface area contributed by atoms with Crippen LogP contribution in [-0.4, -0.2) is 11.4 Å². The molecule has 0 saturated heterocycles. The fourth-order valence-corrected chi connectivity index (χ4v) is 3.38. The highest BCUT2D eigenvalue weighted by Gasteiger charge is 2.07. The van der Waals surface area contributed by atoms with E-state index in [1.54, 1.807) is 11.3 Å². The summed E-state index contributed by atoms with van der Waals surface area (Å²) in [6, 6.07) is 10.3. The zero-order chi connectivity index (χ0) is 13.0. The summed E-state index contributed by atoms with van der Waals surface area (Å²) in [4.78, 5) is 3.79. The SMILES string of the molecule is CCN(Cc1cccc(N)c1)Cc1cc(Br)cs1. The first-order valence-corrected chi connectivity index (χ1v) is 7.64. The molecule has 4 heteroatoms. The summed E-state index contributed by atoms with van der Waals surface area (Å²) < 4.78 is 1.17. The summed E-state index contributed by atoms with van der Waals surface area (Å²) in [5.74, 6) is 0. The van der Waals surface area contributed by atoms with Crippen molar-refractivity contribution in [1.29, 1.82) is 0 Å². The first kappa shape index (κ1) is 13.6. The molecule has 0 bridgehead atoms. The highest BCUT2D eigenvalue weighted by Crippen LogP contribution is 2.22. The predicted octanol–water partition coefficient (Wildman–Crippen LogP) is 4.11. The van der Waals surface area contributed by atoms with E-state index in [2.05, 4.69) is 45.3 Å². The molecule has 0 saturated carbocycles. The molecule has 2 N–H and O–H groups in total. The monoisotopic (exact) mass is 324 g/mol. The number of nitrogens with two attached hydrogens (primary N) is 1. The van der Waals surface area contributed by atoms with Gasteiger partial charge in [0, 0.05) is 33.5 Å². The summed E-state index contributed by atoms with van der Waals surface area (Å²) in [7, 11) is 0. The molecule has 2 rings (SSSR count). The van der Waals surface area contributed by atoms with Crippen molar-refractivity contribution in [3.63, 3.8) is 0 Å². The van der Waals surface area contributed by atoms with Crippen molar-refractivity contribution in [3.8, 4) is 0 Å². The summed E-state index contributed by atoms with van der Waals surface area (Å²) in [6.45, 7) is 5.15. The lowest BCUT2D eigenvalue weighted by molar-refractivity contribution is 0.274. The molecule has 0 spiro atoms. The normalized spacial score (nSPS) is 11.1. The third kappa shape index (κ3) is 3.83. The Balaban J connectivity index is 2.01. The Morgan fingerprint density at radius 1 is 1.28 bits per heavy atom. The molecule has 18 heavy (non-hydrogen) atoms. The average molecular weight is 325 g/mol. The lowest BCUT2D eigenvalue weighted by atomic mass is 10.2. The molecule has 1 aromatic heterocycles. The Morgan fingerprint density at radius 2 is 2.11 bits per heavy atom. The molecule has 0 aliphatic carbocycles. The van der Waals surface area contributed by atoms with Gasteiger partial charge in [0.1, 0.15) is 0 Å². The third-order valence-corrected chi connectivity index (χ3v) is 4.49. The predicted molar refractivity (Wildman–Crippen MR) is 82.7 cm³/mol. The lowest BCUT2D eigenvalue weighted by Gasteiger charge is -2.19. The van der Waals surface area contributed by atoms with Crippen LogP contribution in [0.4, 0.5) is 5.69 Å². The van der Waals surface area contributed by atoms with Crippen LogP contribution in [0.3, 0.4) is 0 Å². The number of anilines is 1. The van der Waals surface area contributed by atoms with Crippen LogP contribution in [0.15, 0.2) is 40.2 Å². The highest BCUT2D eigenvalue weighted by atomic mass is 79.9. The molecule has 0 fully saturated rings. The first-order chi connectivity index (χ1) is 8.67. The van der Waals surface area contributed by atoms with Crippen molar-refractivity contribution in [1.82, 2.24) is 4.90 Å². The number of nitrogen functional groups attached to an aromatic ring is 1. The molecule has 96 valence electrons. The van der Waals surface area contributed by atoms with E-state index in [9.17, 15) is 0 Å². The third-order valence-electron chi connectivity index (χ3n) is 2.81. The van der Waals surface area contributed by atoms with Crippen molar-refractivity contribution in [2.45, 2.75) is 20.0 Å². The number of nitrogens with zero attached hydrogens (tertiary/aromatic N) is 1. The van der Waals surface area contributed by atoms with Crippen molar-refractivity contribution >= 4 is 33.0 Å². The number of benzene rings is 1. The van der Waals surface area contributed by atoms with Gasteiger partial charge in [-0.1, -0.05) is 19.1 Å². The van der Waals surface area contributed by atoms with E-state index in [1.165, 1.54) is 14.9 Å². The standard InChI is InChI=1S/C14H17BrN2S/c1-2-17(9-14-7-12(15)10-18-14)8-11-4-3-5-13(16)6-11/h3-7,10H,2,8-9,16H2,1H3. The Morgan fingerprint density at radius 3 is 2.72 bits per heavy atom. The molecule has 0 aliphatic rings. The van der Waals surface area contributed by atoms with Gasteiger partial charge in [-0.2, -0.15) is 0 Å². The zero-order valence-electron chi connectivity index (χ0n) is 10.4. The summed E-state index contributed by atoms with van der Waals surface area (Å²) >= 11 is 5.29. The second-order valence-electron chi connectivity index (χ2n) is 4.28. The van der Waals surface area contributed by atoms with Gasteiger partial charge in [-0.25, -0.2) is 0 Å². The lowest BCUT2D eigenvalue weighted by Crippen LogP contribution is -2.21. The van der Waals surface area contributed by atoms with Gasteiger partial charge in [0.15, 0.2) is 0 Å². The largest absolute Gasteiger partial charge is 0.399 e. The highest BCUT2D eigenvalue weighted by molar-refractivity contribution is 9.10. The molecule has 2 aromatic rings. The second kappa shape index (κ2) is 6.36. The average Bonchev–Trinajstić information content (AvgIpc) is 2.74. The quantitative estimate of drug-likeness (QED) is 0.838. The number of thiophene rings is 1. The molecular formula is C14H17BrN2S. The first-order valence-electron chi connectivity index (χ1n) is 5.97. The summed E-state index contributed by atoms with van der Waals surface area (Å²) in [6.07, 6.45) is 0. The molecule has 0 radical (unpaired) electrons. The maximum atomic E-state index is 5.81. The van der Waals surface area contributed by atoms with E-state index >= 15 is 0 Å². The molecule has 0 unspecified atom stereocenters. The molecule has 0 aliphatic heterocycles. The molecule has 1 aromatic carbocycles. The minimum absolute atomic E-state index is 0.836. The topological polar surface area (TPSA) is 29.3 Å². The van der Waals surface area contributed by atoms with Gasteiger partial charge < -0.3 is 5.73 Å².